The van der Waals surface area contributed by atoms with Gasteiger partial charge in [-0.05, 0) is 6.92 Å². The second-order valence-corrected chi connectivity index (χ2v) is 4.13. The second-order valence-electron chi connectivity index (χ2n) is 4.13. The molecule has 0 saturated carbocycles. The number of nitrogens with one attached hydrogen (secondary N) is 1. The normalized spacial score (nSPS) is 23.4. The highest BCUT2D eigenvalue weighted by Crippen LogP contribution is 2.08. The molecule has 6 heteroatoms. The monoisotopic (exact) mass is 246 g/mol. The van der Waals surface area contributed by atoms with Crippen LogP contribution in [0.25, 0.3) is 0 Å². The minimum absolute atomic E-state index is 0.00544. The maximum atomic E-state index is 11.8. The van der Waals surface area contributed by atoms with Gasteiger partial charge < -0.3 is 19.9 Å². The molecule has 2 atom stereocenters. The van der Waals surface area contributed by atoms with Crippen molar-refractivity contribution in [2.24, 2.45) is 0 Å². The summed E-state index contributed by atoms with van der Waals surface area (Å²) in [5.41, 5.74) is 0. The molecule has 0 aromatic rings. The zero-order valence-electron chi connectivity index (χ0n) is 10.5. The average molecular weight is 246 g/mol. The number of aliphatic hydroxyl groups excluding tert-OH is 1. The number of ether oxygens (including phenoxy) is 2. The molecule has 0 bridgehead atoms. The van der Waals surface area contributed by atoms with E-state index >= 15 is 0 Å². The van der Waals surface area contributed by atoms with Crippen LogP contribution in [0, 0.1) is 0 Å². The van der Waals surface area contributed by atoms with Gasteiger partial charge in [0.15, 0.2) is 0 Å². The molecule has 1 rings (SSSR count). The fourth-order valence-electron chi connectivity index (χ4n) is 1.79. The molecule has 100 valence electrons. The van der Waals surface area contributed by atoms with Crippen molar-refractivity contribution in [3.63, 3.8) is 0 Å². The molecule has 2 unspecified atom stereocenters. The van der Waals surface area contributed by atoms with E-state index in [2.05, 4.69) is 5.32 Å². The van der Waals surface area contributed by atoms with Gasteiger partial charge in [-0.15, -0.1) is 0 Å². The van der Waals surface area contributed by atoms with E-state index in [1.54, 1.807) is 7.11 Å². The van der Waals surface area contributed by atoms with E-state index in [0.717, 1.165) is 6.54 Å². The van der Waals surface area contributed by atoms with Crippen LogP contribution in [-0.2, 0) is 14.3 Å². The molecule has 0 radical (unpaired) electrons. The van der Waals surface area contributed by atoms with E-state index in [-0.39, 0.29) is 24.7 Å². The summed E-state index contributed by atoms with van der Waals surface area (Å²) in [5, 5.41) is 11.8. The highest BCUT2D eigenvalue weighted by Gasteiger charge is 2.27. The Bertz CT molecular complexity index is 238. The van der Waals surface area contributed by atoms with Crippen LogP contribution in [0.4, 0.5) is 0 Å². The van der Waals surface area contributed by atoms with Gasteiger partial charge in [0.25, 0.3) is 0 Å². The Morgan fingerprint density at radius 1 is 1.71 bits per heavy atom. The van der Waals surface area contributed by atoms with Crippen molar-refractivity contribution < 1.29 is 19.4 Å². The Morgan fingerprint density at radius 2 is 2.47 bits per heavy atom. The zero-order valence-corrected chi connectivity index (χ0v) is 10.5. The van der Waals surface area contributed by atoms with Crippen molar-refractivity contribution in [2.45, 2.75) is 19.1 Å². The van der Waals surface area contributed by atoms with Gasteiger partial charge in [0.05, 0.1) is 32.0 Å². The Kier molecular flexibility index (Phi) is 6.43. The summed E-state index contributed by atoms with van der Waals surface area (Å²) in [7, 11) is 1.60. The number of amides is 1. The molecule has 1 saturated heterocycles. The van der Waals surface area contributed by atoms with Crippen molar-refractivity contribution in [1.82, 2.24) is 10.2 Å². The van der Waals surface area contributed by atoms with E-state index in [1.807, 2.05) is 11.8 Å². The second kappa shape index (κ2) is 7.60. The van der Waals surface area contributed by atoms with Crippen LogP contribution in [0.5, 0.6) is 0 Å². The number of hydrogen-bond donors (Lipinski definition) is 2. The predicted octanol–water partition coefficient (Wildman–Crippen LogP) is -1.17. The first-order valence-corrected chi connectivity index (χ1v) is 5.92. The summed E-state index contributed by atoms with van der Waals surface area (Å²) in [6.45, 7) is 4.76. The lowest BCUT2D eigenvalue weighted by atomic mass is 10.2. The molecule has 2 N–H and O–H groups in total. The summed E-state index contributed by atoms with van der Waals surface area (Å²) in [4.78, 5) is 13.8. The predicted molar refractivity (Wildman–Crippen MR) is 62.7 cm³/mol. The summed E-state index contributed by atoms with van der Waals surface area (Å²) in [5.74, 6) is -0.0133. The largest absolute Gasteiger partial charge is 0.394 e. The van der Waals surface area contributed by atoms with Gasteiger partial charge in [0, 0.05) is 26.7 Å². The molecule has 6 nitrogen and oxygen atoms in total. The summed E-state index contributed by atoms with van der Waals surface area (Å²) < 4.78 is 10.2. The number of morpholine rings is 1. The third kappa shape index (κ3) is 4.59. The minimum Gasteiger partial charge on any atom is -0.394 e. The molecule has 0 spiro atoms. The standard InChI is InChI=1S/C11H22N2O4/c1-9(11(15)12-3-5-16-2)13-4-6-17-10(7-13)8-14/h9-10,14H,3-8H2,1-2H3,(H,12,15). The van der Waals surface area contributed by atoms with Crippen molar-refractivity contribution in [3.05, 3.63) is 0 Å². The Hall–Kier alpha value is -0.690. The van der Waals surface area contributed by atoms with Crippen LogP contribution < -0.4 is 5.32 Å². The molecular weight excluding hydrogens is 224 g/mol. The first kappa shape index (κ1) is 14.4. The van der Waals surface area contributed by atoms with Gasteiger partial charge in [0.1, 0.15) is 0 Å². The molecule has 17 heavy (non-hydrogen) atoms. The van der Waals surface area contributed by atoms with E-state index in [0.29, 0.717) is 26.3 Å². The molecule has 1 amide bonds. The van der Waals surface area contributed by atoms with Crippen molar-refractivity contribution in [1.29, 1.82) is 0 Å². The maximum Gasteiger partial charge on any atom is 0.237 e. The summed E-state index contributed by atoms with van der Waals surface area (Å²) in [6.07, 6.45) is -0.182. The van der Waals surface area contributed by atoms with Crippen LogP contribution in [0.2, 0.25) is 0 Å². The van der Waals surface area contributed by atoms with Crippen LogP contribution in [0.15, 0.2) is 0 Å². The molecule has 1 heterocycles. The van der Waals surface area contributed by atoms with Crippen molar-refractivity contribution in [2.75, 3.05) is 46.6 Å². The molecule has 1 aliphatic rings. The number of nitrogens with zero attached hydrogens (tertiary/aromatic N) is 1. The van der Waals surface area contributed by atoms with E-state index in [1.165, 1.54) is 0 Å². The van der Waals surface area contributed by atoms with E-state index in [9.17, 15) is 4.79 Å². The Morgan fingerprint density at radius 3 is 3.12 bits per heavy atom. The first-order chi connectivity index (χ1) is 8.19. The smallest absolute Gasteiger partial charge is 0.237 e. The molecular formula is C11H22N2O4. The number of carbonyl (C=O) groups excluding carboxylic acids is 1. The lowest BCUT2D eigenvalue weighted by Gasteiger charge is -2.35. The van der Waals surface area contributed by atoms with Crippen LogP contribution in [-0.4, -0.2) is 74.6 Å². The molecule has 1 fully saturated rings. The lowest BCUT2D eigenvalue weighted by molar-refractivity contribution is -0.130. The SMILES string of the molecule is COCCNC(=O)C(C)N1CCOC(CO)C1. The van der Waals surface area contributed by atoms with Gasteiger partial charge in [-0.25, -0.2) is 0 Å². The van der Waals surface area contributed by atoms with E-state index in [4.69, 9.17) is 14.6 Å². The van der Waals surface area contributed by atoms with Gasteiger partial charge in [-0.1, -0.05) is 0 Å². The van der Waals surface area contributed by atoms with Crippen molar-refractivity contribution in [3.8, 4) is 0 Å². The highest BCUT2D eigenvalue weighted by molar-refractivity contribution is 5.81. The summed E-state index contributed by atoms with van der Waals surface area (Å²) in [6, 6.07) is -0.204. The fraction of sp³-hybridized carbons (Fsp3) is 0.909. The number of methoxy groups -OCH3 is 1. The number of hydrogen-bond acceptors (Lipinski definition) is 5. The number of aliphatic hydroxyl groups is 1. The first-order valence-electron chi connectivity index (χ1n) is 5.92. The Balaban J connectivity index is 2.34. The van der Waals surface area contributed by atoms with Crippen molar-refractivity contribution >= 4 is 5.91 Å². The fourth-order valence-corrected chi connectivity index (χ4v) is 1.79. The average Bonchev–Trinajstić information content (AvgIpc) is 2.38. The topological polar surface area (TPSA) is 71.0 Å². The molecule has 0 aliphatic carbocycles. The highest BCUT2D eigenvalue weighted by atomic mass is 16.5. The third-order valence-corrected chi connectivity index (χ3v) is 2.91. The van der Waals surface area contributed by atoms with Crippen LogP contribution in [0.3, 0.4) is 0 Å². The quantitative estimate of drug-likeness (QED) is 0.578. The zero-order chi connectivity index (χ0) is 12.7. The van der Waals surface area contributed by atoms with Crippen LogP contribution in [0.1, 0.15) is 6.92 Å². The van der Waals surface area contributed by atoms with Crippen LogP contribution >= 0.6 is 0 Å². The molecule has 1 aliphatic heterocycles. The number of carbonyl (C=O) groups is 1. The maximum absolute atomic E-state index is 11.8. The van der Waals surface area contributed by atoms with Gasteiger partial charge in [-0.2, -0.15) is 0 Å². The van der Waals surface area contributed by atoms with Gasteiger partial charge >= 0.3 is 0 Å². The molecule has 0 aromatic heterocycles. The summed E-state index contributed by atoms with van der Waals surface area (Å²) >= 11 is 0. The third-order valence-electron chi connectivity index (χ3n) is 2.91. The molecule has 0 aromatic carbocycles. The lowest BCUT2D eigenvalue weighted by Crippen LogP contribution is -2.53. The Labute approximate surface area is 102 Å². The minimum atomic E-state index is -0.204. The number of rotatable bonds is 6. The van der Waals surface area contributed by atoms with Gasteiger partial charge in [-0.3, -0.25) is 9.69 Å². The van der Waals surface area contributed by atoms with E-state index < -0.39 is 0 Å². The van der Waals surface area contributed by atoms with Gasteiger partial charge in [0.2, 0.25) is 5.91 Å².